The number of nitrogens with zero attached hydrogens (tertiary/aromatic N) is 1. The third-order valence-corrected chi connectivity index (χ3v) is 3.61. The molecule has 2 unspecified atom stereocenters. The van der Waals surface area contributed by atoms with E-state index in [1.165, 1.54) is 37.7 Å². The Balaban J connectivity index is 1.93. The lowest BCUT2D eigenvalue weighted by Gasteiger charge is -2.15. The number of alkyl halides is 1. The summed E-state index contributed by atoms with van der Waals surface area (Å²) in [6.45, 7) is 0. The molecule has 0 spiro atoms. The summed E-state index contributed by atoms with van der Waals surface area (Å²) in [5.74, 6) is 0.763. The normalized spacial score (nSPS) is 27.3. The molecule has 1 fully saturated rings. The van der Waals surface area contributed by atoms with Crippen LogP contribution in [0.3, 0.4) is 0 Å². The largest absolute Gasteiger partial charge is 0.264 e. The number of pyridine rings is 1. The molecule has 1 aliphatic carbocycles. The van der Waals surface area contributed by atoms with Gasteiger partial charge < -0.3 is 0 Å². The molecule has 0 aromatic carbocycles. The van der Waals surface area contributed by atoms with Crippen LogP contribution in [0.2, 0.25) is 0 Å². The molecule has 1 nitrogen and oxygen atoms in total. The molecule has 1 aliphatic rings. The Bertz CT molecular complexity index is 286. The van der Waals surface area contributed by atoms with Gasteiger partial charge in [-0.3, -0.25) is 4.98 Å². The minimum atomic E-state index is 0.397. The third kappa shape index (κ3) is 3.49. The zero-order chi connectivity index (χ0) is 10.5. The fraction of sp³-hybridized carbons (Fsp3) is 0.615. The van der Waals surface area contributed by atoms with E-state index in [2.05, 4.69) is 11.1 Å². The highest BCUT2D eigenvalue weighted by Crippen LogP contribution is 2.28. The van der Waals surface area contributed by atoms with Crippen LogP contribution >= 0.6 is 11.6 Å². The summed E-state index contributed by atoms with van der Waals surface area (Å²) in [7, 11) is 0. The first kappa shape index (κ1) is 10.9. The molecule has 1 aromatic rings. The van der Waals surface area contributed by atoms with Gasteiger partial charge in [0.15, 0.2) is 0 Å². The standard InChI is InChI=1S/C13H18ClN/c14-13-6-2-1-4-11(9-13)8-12-5-3-7-15-10-12/h3,5,7,10-11,13H,1-2,4,6,8-9H2. The molecule has 15 heavy (non-hydrogen) atoms. The lowest BCUT2D eigenvalue weighted by Crippen LogP contribution is -2.08. The Morgan fingerprint density at radius 2 is 2.20 bits per heavy atom. The summed E-state index contributed by atoms with van der Waals surface area (Å²) in [6.07, 6.45) is 11.3. The van der Waals surface area contributed by atoms with Crippen molar-refractivity contribution in [1.82, 2.24) is 4.98 Å². The number of hydrogen-bond donors (Lipinski definition) is 0. The lowest BCUT2D eigenvalue weighted by atomic mass is 9.93. The second kappa shape index (κ2) is 5.50. The highest BCUT2D eigenvalue weighted by atomic mass is 35.5. The molecule has 82 valence electrons. The second-order valence-corrected chi connectivity index (χ2v) is 5.17. The van der Waals surface area contributed by atoms with Gasteiger partial charge in [0.25, 0.3) is 0 Å². The molecule has 1 saturated carbocycles. The van der Waals surface area contributed by atoms with Gasteiger partial charge in [-0.2, -0.15) is 0 Å². The Labute approximate surface area is 96.9 Å². The zero-order valence-electron chi connectivity index (χ0n) is 9.03. The summed E-state index contributed by atoms with van der Waals surface area (Å²) in [6, 6.07) is 4.19. The van der Waals surface area contributed by atoms with Gasteiger partial charge in [-0.1, -0.05) is 25.3 Å². The SMILES string of the molecule is ClC1CCCCC(Cc2cccnc2)C1. The van der Waals surface area contributed by atoms with E-state index < -0.39 is 0 Å². The Kier molecular flexibility index (Phi) is 4.01. The molecule has 0 N–H and O–H groups in total. The van der Waals surface area contributed by atoms with Crippen LogP contribution in [0.25, 0.3) is 0 Å². The predicted molar refractivity (Wildman–Crippen MR) is 64.2 cm³/mol. The Morgan fingerprint density at radius 3 is 3.00 bits per heavy atom. The molecule has 2 atom stereocenters. The molecule has 0 saturated heterocycles. The van der Waals surface area contributed by atoms with Crippen molar-refractivity contribution in [2.75, 3.05) is 0 Å². The summed E-state index contributed by atoms with van der Waals surface area (Å²) in [5.41, 5.74) is 1.35. The van der Waals surface area contributed by atoms with Crippen LogP contribution in [0, 0.1) is 5.92 Å². The molecule has 2 rings (SSSR count). The van der Waals surface area contributed by atoms with Crippen molar-refractivity contribution >= 4 is 11.6 Å². The molecule has 0 bridgehead atoms. The summed E-state index contributed by atoms with van der Waals surface area (Å²) in [4.78, 5) is 4.16. The number of hydrogen-bond acceptors (Lipinski definition) is 1. The summed E-state index contributed by atoms with van der Waals surface area (Å²) in [5, 5.41) is 0.397. The van der Waals surface area contributed by atoms with Crippen LogP contribution in [0.4, 0.5) is 0 Å². The minimum Gasteiger partial charge on any atom is -0.264 e. The van der Waals surface area contributed by atoms with Crippen molar-refractivity contribution in [1.29, 1.82) is 0 Å². The zero-order valence-corrected chi connectivity index (χ0v) is 9.79. The van der Waals surface area contributed by atoms with E-state index in [-0.39, 0.29) is 0 Å². The molecular formula is C13H18ClN. The van der Waals surface area contributed by atoms with Crippen molar-refractivity contribution < 1.29 is 0 Å². The van der Waals surface area contributed by atoms with E-state index in [1.807, 2.05) is 18.5 Å². The number of aromatic nitrogens is 1. The molecular weight excluding hydrogens is 206 g/mol. The summed E-state index contributed by atoms with van der Waals surface area (Å²) < 4.78 is 0. The highest BCUT2D eigenvalue weighted by Gasteiger charge is 2.18. The second-order valence-electron chi connectivity index (χ2n) is 4.55. The van der Waals surface area contributed by atoms with E-state index in [9.17, 15) is 0 Å². The average molecular weight is 224 g/mol. The van der Waals surface area contributed by atoms with Crippen LogP contribution in [-0.2, 0) is 6.42 Å². The smallest absolute Gasteiger partial charge is 0.0338 e. The van der Waals surface area contributed by atoms with E-state index in [1.54, 1.807) is 0 Å². The van der Waals surface area contributed by atoms with Gasteiger partial charge in [-0.05, 0) is 36.8 Å². The maximum atomic E-state index is 6.27. The van der Waals surface area contributed by atoms with E-state index in [4.69, 9.17) is 11.6 Å². The molecule has 0 aliphatic heterocycles. The first-order valence-corrected chi connectivity index (χ1v) is 6.31. The molecule has 1 heterocycles. The number of rotatable bonds is 2. The van der Waals surface area contributed by atoms with Crippen molar-refractivity contribution in [2.45, 2.75) is 43.9 Å². The average Bonchev–Trinajstić information content (AvgIpc) is 2.44. The van der Waals surface area contributed by atoms with Crippen LogP contribution in [0.5, 0.6) is 0 Å². The van der Waals surface area contributed by atoms with Gasteiger partial charge in [0.05, 0.1) is 0 Å². The fourth-order valence-corrected chi connectivity index (χ4v) is 2.84. The van der Waals surface area contributed by atoms with Gasteiger partial charge in [0.1, 0.15) is 0 Å². The maximum Gasteiger partial charge on any atom is 0.0338 e. The van der Waals surface area contributed by atoms with E-state index in [0.717, 1.165) is 12.3 Å². The van der Waals surface area contributed by atoms with Gasteiger partial charge in [0.2, 0.25) is 0 Å². The van der Waals surface area contributed by atoms with E-state index in [0.29, 0.717) is 5.38 Å². The number of halogens is 1. The van der Waals surface area contributed by atoms with Gasteiger partial charge in [-0.25, -0.2) is 0 Å². The van der Waals surface area contributed by atoms with Gasteiger partial charge in [0, 0.05) is 17.8 Å². The molecule has 2 heteroatoms. The molecule has 1 aromatic heterocycles. The molecule has 0 amide bonds. The highest BCUT2D eigenvalue weighted by molar-refractivity contribution is 6.20. The van der Waals surface area contributed by atoms with Crippen molar-refractivity contribution in [3.05, 3.63) is 30.1 Å². The van der Waals surface area contributed by atoms with Crippen LogP contribution in [-0.4, -0.2) is 10.4 Å². The topological polar surface area (TPSA) is 12.9 Å². The minimum absolute atomic E-state index is 0.397. The third-order valence-electron chi connectivity index (χ3n) is 3.22. The fourth-order valence-electron chi connectivity index (χ4n) is 2.43. The van der Waals surface area contributed by atoms with E-state index >= 15 is 0 Å². The predicted octanol–water partition coefficient (Wildman–Crippen LogP) is 3.81. The van der Waals surface area contributed by atoms with Crippen molar-refractivity contribution in [2.24, 2.45) is 5.92 Å². The van der Waals surface area contributed by atoms with Gasteiger partial charge in [-0.15, -0.1) is 11.6 Å². The Morgan fingerprint density at radius 1 is 1.33 bits per heavy atom. The molecule has 0 radical (unpaired) electrons. The monoisotopic (exact) mass is 223 g/mol. The van der Waals surface area contributed by atoms with Crippen LogP contribution < -0.4 is 0 Å². The van der Waals surface area contributed by atoms with Crippen LogP contribution in [0.1, 0.15) is 37.7 Å². The van der Waals surface area contributed by atoms with Crippen molar-refractivity contribution in [3.63, 3.8) is 0 Å². The Hall–Kier alpha value is -0.560. The van der Waals surface area contributed by atoms with Gasteiger partial charge >= 0.3 is 0 Å². The maximum absolute atomic E-state index is 6.27. The summed E-state index contributed by atoms with van der Waals surface area (Å²) >= 11 is 6.27. The van der Waals surface area contributed by atoms with Crippen molar-refractivity contribution in [3.8, 4) is 0 Å². The first-order chi connectivity index (χ1) is 7.34. The first-order valence-electron chi connectivity index (χ1n) is 5.87. The quantitative estimate of drug-likeness (QED) is 0.549. The lowest BCUT2D eigenvalue weighted by molar-refractivity contribution is 0.460. The van der Waals surface area contributed by atoms with Crippen LogP contribution in [0.15, 0.2) is 24.5 Å².